The first-order valence-corrected chi connectivity index (χ1v) is 11.0. The molecule has 0 saturated heterocycles. The van der Waals surface area contributed by atoms with Gasteiger partial charge < -0.3 is 25.4 Å². The van der Waals surface area contributed by atoms with E-state index in [9.17, 15) is 9.18 Å². The summed E-state index contributed by atoms with van der Waals surface area (Å²) in [6, 6.07) is 12.4. The number of nitrogens with zero attached hydrogens (tertiary/aromatic N) is 1. The highest BCUT2D eigenvalue weighted by atomic mass is 19.1. The van der Waals surface area contributed by atoms with Gasteiger partial charge in [-0.25, -0.2) is 4.39 Å². The molecule has 0 bridgehead atoms. The first kappa shape index (κ1) is 23.4. The zero-order valence-electron chi connectivity index (χ0n) is 18.6. The maximum Gasteiger partial charge on any atom is 0.222 e. The molecule has 0 spiro atoms. The molecular formula is C24H31FN4O3. The Bertz CT molecular complexity index is 933. The van der Waals surface area contributed by atoms with Crippen LogP contribution in [0.2, 0.25) is 0 Å². The summed E-state index contributed by atoms with van der Waals surface area (Å²) in [5.74, 6) is 1.62. The molecule has 32 heavy (non-hydrogen) atoms. The van der Waals surface area contributed by atoms with Crippen molar-refractivity contribution in [3.8, 4) is 11.5 Å². The molecule has 1 amide bonds. The lowest BCUT2D eigenvalue weighted by Crippen LogP contribution is -2.34. The van der Waals surface area contributed by atoms with E-state index in [1.165, 1.54) is 6.07 Å². The van der Waals surface area contributed by atoms with Crippen molar-refractivity contribution in [2.45, 2.75) is 39.2 Å². The Morgan fingerprint density at radius 1 is 1.12 bits per heavy atom. The van der Waals surface area contributed by atoms with Crippen LogP contribution in [0.15, 0.2) is 47.5 Å². The molecule has 0 fully saturated rings. The van der Waals surface area contributed by atoms with Gasteiger partial charge in [0.1, 0.15) is 5.82 Å². The molecule has 0 aliphatic carbocycles. The second kappa shape index (κ2) is 11.9. The highest BCUT2D eigenvalue weighted by Gasteiger charge is 2.12. The summed E-state index contributed by atoms with van der Waals surface area (Å²) < 4.78 is 25.3. The Hall–Kier alpha value is -3.29. The van der Waals surface area contributed by atoms with Gasteiger partial charge in [-0.05, 0) is 44.0 Å². The molecule has 2 aromatic rings. The van der Waals surface area contributed by atoms with Crippen LogP contribution in [-0.4, -0.2) is 44.2 Å². The minimum Gasteiger partial charge on any atom is -0.490 e. The number of halogens is 1. The summed E-state index contributed by atoms with van der Waals surface area (Å²) in [7, 11) is 0. The fourth-order valence-electron chi connectivity index (χ4n) is 3.20. The van der Waals surface area contributed by atoms with Gasteiger partial charge in [0, 0.05) is 37.2 Å². The summed E-state index contributed by atoms with van der Waals surface area (Å²) in [5.41, 5.74) is 1.41. The predicted octanol–water partition coefficient (Wildman–Crippen LogP) is 3.50. The van der Waals surface area contributed by atoms with E-state index >= 15 is 0 Å². The van der Waals surface area contributed by atoms with Gasteiger partial charge in [-0.2, -0.15) is 0 Å². The molecule has 0 unspecified atom stereocenters. The fourth-order valence-corrected chi connectivity index (χ4v) is 3.20. The second-order valence-corrected chi connectivity index (χ2v) is 7.81. The molecule has 0 saturated carbocycles. The summed E-state index contributed by atoms with van der Waals surface area (Å²) in [5, 5.41) is 9.32. The quantitative estimate of drug-likeness (QED) is 0.431. The Balaban J connectivity index is 1.65. The minimum atomic E-state index is -0.228. The summed E-state index contributed by atoms with van der Waals surface area (Å²) >= 11 is 0. The molecule has 7 nitrogen and oxygen atoms in total. The van der Waals surface area contributed by atoms with Crippen molar-refractivity contribution in [1.82, 2.24) is 10.6 Å². The molecule has 3 rings (SSSR count). The van der Waals surface area contributed by atoms with Crippen LogP contribution < -0.4 is 25.4 Å². The van der Waals surface area contributed by atoms with E-state index in [2.05, 4.69) is 20.9 Å². The van der Waals surface area contributed by atoms with Crippen molar-refractivity contribution in [3.63, 3.8) is 0 Å². The van der Waals surface area contributed by atoms with E-state index in [0.29, 0.717) is 55.7 Å². The van der Waals surface area contributed by atoms with Gasteiger partial charge in [0.25, 0.3) is 0 Å². The second-order valence-electron chi connectivity index (χ2n) is 7.81. The molecule has 172 valence electrons. The number of fused-ring (bicyclic) bond motifs is 1. The molecule has 3 N–H and O–H groups in total. The number of rotatable bonds is 8. The average Bonchev–Trinajstić information content (AvgIpc) is 2.99. The van der Waals surface area contributed by atoms with Crippen LogP contribution in [-0.2, 0) is 11.2 Å². The third-order valence-corrected chi connectivity index (χ3v) is 4.71. The SMILES string of the molecule is CC(C)NC(=O)CCN=C(NCCc1ccccc1F)Nc1ccc2c(c1)OCCCO2. The van der Waals surface area contributed by atoms with Crippen LogP contribution >= 0.6 is 0 Å². The topological polar surface area (TPSA) is 84.0 Å². The van der Waals surface area contributed by atoms with Gasteiger partial charge in [0.15, 0.2) is 17.5 Å². The Morgan fingerprint density at radius 2 is 1.91 bits per heavy atom. The van der Waals surface area contributed by atoms with Crippen LogP contribution in [0.1, 0.15) is 32.3 Å². The number of ether oxygens (including phenoxy) is 2. The number of nitrogens with one attached hydrogen (secondary N) is 3. The average molecular weight is 443 g/mol. The van der Waals surface area contributed by atoms with Crippen molar-refractivity contribution < 1.29 is 18.7 Å². The van der Waals surface area contributed by atoms with E-state index in [-0.39, 0.29) is 24.2 Å². The van der Waals surface area contributed by atoms with Crippen LogP contribution in [0.25, 0.3) is 0 Å². The number of hydrogen-bond donors (Lipinski definition) is 3. The van der Waals surface area contributed by atoms with Gasteiger partial charge in [0.2, 0.25) is 5.91 Å². The number of hydrogen-bond acceptors (Lipinski definition) is 4. The summed E-state index contributed by atoms with van der Waals surface area (Å²) in [4.78, 5) is 16.4. The lowest BCUT2D eigenvalue weighted by Gasteiger charge is -2.15. The molecule has 8 heteroatoms. The van der Waals surface area contributed by atoms with Crippen LogP contribution in [0.4, 0.5) is 10.1 Å². The third kappa shape index (κ3) is 7.44. The number of aliphatic imine (C=N–C) groups is 1. The zero-order chi connectivity index (χ0) is 22.8. The first-order valence-electron chi connectivity index (χ1n) is 11.0. The molecule has 0 radical (unpaired) electrons. The summed E-state index contributed by atoms with van der Waals surface area (Å²) in [6.45, 7) is 5.87. The van der Waals surface area contributed by atoms with Crippen LogP contribution in [0.3, 0.4) is 0 Å². The molecule has 1 aliphatic heterocycles. The van der Waals surface area contributed by atoms with E-state index in [1.54, 1.807) is 12.1 Å². The fraction of sp³-hybridized carbons (Fsp3) is 0.417. The van der Waals surface area contributed by atoms with Crippen LogP contribution in [0.5, 0.6) is 11.5 Å². The zero-order valence-corrected chi connectivity index (χ0v) is 18.6. The van der Waals surface area contributed by atoms with Crippen LogP contribution in [0, 0.1) is 5.82 Å². The van der Waals surface area contributed by atoms with Gasteiger partial charge in [-0.15, -0.1) is 0 Å². The Kier molecular flexibility index (Phi) is 8.71. The van der Waals surface area contributed by atoms with Crippen molar-refractivity contribution >= 4 is 17.6 Å². The number of anilines is 1. The van der Waals surface area contributed by atoms with Crippen molar-refractivity contribution in [2.75, 3.05) is 31.6 Å². The van der Waals surface area contributed by atoms with Gasteiger partial charge in [-0.3, -0.25) is 9.79 Å². The lowest BCUT2D eigenvalue weighted by atomic mass is 10.1. The minimum absolute atomic E-state index is 0.0509. The first-order chi connectivity index (χ1) is 15.5. The monoisotopic (exact) mass is 442 g/mol. The van der Waals surface area contributed by atoms with Gasteiger partial charge in [-0.1, -0.05) is 18.2 Å². The Morgan fingerprint density at radius 3 is 2.69 bits per heavy atom. The molecular weight excluding hydrogens is 411 g/mol. The largest absolute Gasteiger partial charge is 0.490 e. The maximum atomic E-state index is 13.9. The predicted molar refractivity (Wildman–Crippen MR) is 124 cm³/mol. The molecule has 1 heterocycles. The maximum absolute atomic E-state index is 13.9. The van der Waals surface area contributed by atoms with Gasteiger partial charge in [0.05, 0.1) is 19.8 Å². The lowest BCUT2D eigenvalue weighted by molar-refractivity contribution is -0.121. The molecule has 0 atom stereocenters. The normalized spacial score (nSPS) is 13.4. The van der Waals surface area contributed by atoms with E-state index < -0.39 is 0 Å². The smallest absolute Gasteiger partial charge is 0.222 e. The van der Waals surface area contributed by atoms with E-state index in [4.69, 9.17) is 9.47 Å². The number of carbonyl (C=O) groups excluding carboxylic acids is 1. The summed E-state index contributed by atoms with van der Waals surface area (Å²) in [6.07, 6.45) is 1.61. The number of benzene rings is 2. The number of carbonyl (C=O) groups is 1. The number of guanidine groups is 1. The molecule has 1 aliphatic rings. The highest BCUT2D eigenvalue weighted by molar-refractivity contribution is 5.94. The van der Waals surface area contributed by atoms with E-state index in [1.807, 2.05) is 38.1 Å². The molecule has 2 aromatic carbocycles. The number of amides is 1. The van der Waals surface area contributed by atoms with Crippen molar-refractivity contribution in [3.05, 3.63) is 53.8 Å². The van der Waals surface area contributed by atoms with Gasteiger partial charge >= 0.3 is 0 Å². The standard InChI is InChI=1S/C24H31FN4O3/c1-17(2)28-23(30)11-13-27-24(26-12-10-18-6-3-4-7-20(18)25)29-19-8-9-21-22(16-19)32-15-5-14-31-21/h3-4,6-9,16-17H,5,10-15H2,1-2H3,(H,28,30)(H2,26,27,29). The van der Waals surface area contributed by atoms with Crippen molar-refractivity contribution in [1.29, 1.82) is 0 Å². The highest BCUT2D eigenvalue weighted by Crippen LogP contribution is 2.32. The third-order valence-electron chi connectivity index (χ3n) is 4.71. The van der Waals surface area contributed by atoms with E-state index in [0.717, 1.165) is 12.1 Å². The Labute approximate surface area is 188 Å². The molecule has 0 aromatic heterocycles. The van der Waals surface area contributed by atoms with Crippen molar-refractivity contribution in [2.24, 2.45) is 4.99 Å².